The Morgan fingerprint density at radius 1 is 0.962 bits per heavy atom. The molecular weight excluding hydrogens is 334 g/mol. The van der Waals surface area contributed by atoms with Crippen LogP contribution in [0.2, 0.25) is 0 Å². The molecular formula is C18H25N5O3. The lowest BCUT2D eigenvalue weighted by Gasteiger charge is -2.37. The number of anilines is 1. The van der Waals surface area contributed by atoms with Crippen molar-refractivity contribution in [3.63, 3.8) is 0 Å². The van der Waals surface area contributed by atoms with Crippen molar-refractivity contribution in [3.05, 3.63) is 17.8 Å². The van der Waals surface area contributed by atoms with E-state index >= 15 is 0 Å². The largest absolute Gasteiger partial charge is 0.378 e. The Morgan fingerprint density at radius 2 is 1.73 bits per heavy atom. The number of carbonyl (C=O) groups is 2. The lowest BCUT2D eigenvalue weighted by atomic mass is 10.1. The minimum atomic E-state index is -0.415. The van der Waals surface area contributed by atoms with Gasteiger partial charge in [-0.05, 0) is 25.0 Å². The second kappa shape index (κ2) is 7.57. The predicted octanol–water partition coefficient (Wildman–Crippen LogP) is 0.427. The summed E-state index contributed by atoms with van der Waals surface area (Å²) in [4.78, 5) is 30.4. The summed E-state index contributed by atoms with van der Waals surface area (Å²) in [5.74, 6) is 0.0498. The molecule has 8 heteroatoms. The van der Waals surface area contributed by atoms with E-state index < -0.39 is 5.91 Å². The molecule has 4 rings (SSSR count). The quantitative estimate of drug-likeness (QED) is 0.726. The van der Waals surface area contributed by atoms with E-state index in [1.807, 2.05) is 12.1 Å². The van der Waals surface area contributed by atoms with Crippen molar-refractivity contribution in [2.24, 2.45) is 0 Å². The lowest BCUT2D eigenvalue weighted by molar-refractivity contribution is -0.158. The third kappa shape index (κ3) is 3.51. The molecule has 0 spiro atoms. The van der Waals surface area contributed by atoms with Gasteiger partial charge in [0.1, 0.15) is 0 Å². The van der Waals surface area contributed by atoms with E-state index in [2.05, 4.69) is 15.1 Å². The molecule has 0 unspecified atom stereocenters. The van der Waals surface area contributed by atoms with Gasteiger partial charge in [-0.25, -0.2) is 0 Å². The van der Waals surface area contributed by atoms with Gasteiger partial charge in [-0.3, -0.25) is 9.59 Å². The van der Waals surface area contributed by atoms with Crippen molar-refractivity contribution < 1.29 is 14.3 Å². The predicted molar refractivity (Wildman–Crippen MR) is 94.5 cm³/mol. The summed E-state index contributed by atoms with van der Waals surface area (Å²) in [6, 6.07) is 4.06. The highest BCUT2D eigenvalue weighted by Crippen LogP contribution is 2.25. The topological polar surface area (TPSA) is 78.9 Å². The minimum Gasteiger partial charge on any atom is -0.378 e. The zero-order valence-electron chi connectivity index (χ0n) is 15.0. The number of nitrogens with zero attached hydrogens (tertiary/aromatic N) is 5. The molecule has 1 aromatic heterocycles. The first-order valence-corrected chi connectivity index (χ1v) is 9.47. The number of ether oxygens (including phenoxy) is 1. The summed E-state index contributed by atoms with van der Waals surface area (Å²) < 4.78 is 5.34. The van der Waals surface area contributed by atoms with Gasteiger partial charge >= 0.3 is 11.8 Å². The van der Waals surface area contributed by atoms with Gasteiger partial charge in [0.2, 0.25) is 0 Å². The minimum absolute atomic E-state index is 0.251. The van der Waals surface area contributed by atoms with Crippen LogP contribution in [0.25, 0.3) is 0 Å². The smallest absolute Gasteiger partial charge is 0.312 e. The lowest BCUT2D eigenvalue weighted by Crippen LogP contribution is -2.56. The van der Waals surface area contributed by atoms with Gasteiger partial charge in [-0.2, -0.15) is 5.10 Å². The third-order valence-electron chi connectivity index (χ3n) is 5.50. The highest BCUT2D eigenvalue weighted by molar-refractivity contribution is 6.35. The van der Waals surface area contributed by atoms with Gasteiger partial charge in [-0.15, -0.1) is 5.10 Å². The Kier molecular flexibility index (Phi) is 5.01. The van der Waals surface area contributed by atoms with Crippen LogP contribution in [-0.4, -0.2) is 77.2 Å². The molecule has 8 nitrogen and oxygen atoms in total. The zero-order chi connectivity index (χ0) is 17.9. The maximum atomic E-state index is 12.5. The van der Waals surface area contributed by atoms with E-state index in [-0.39, 0.29) is 11.9 Å². The van der Waals surface area contributed by atoms with E-state index in [9.17, 15) is 9.59 Å². The molecule has 1 aromatic rings. The standard InChI is InChI=1S/C18H25N5O3/c24-17-18(25)23(15-3-1-2-4-15)8-7-22(17)13-14-5-6-16(20-19-14)21-9-11-26-12-10-21/h5-6,15H,1-4,7-13H2. The number of carbonyl (C=O) groups excluding carboxylic acids is 2. The molecule has 2 amide bonds. The first-order valence-electron chi connectivity index (χ1n) is 9.47. The van der Waals surface area contributed by atoms with E-state index in [4.69, 9.17) is 4.74 Å². The SMILES string of the molecule is O=C1C(=O)N(C2CCCC2)CCN1Cc1ccc(N2CCOCC2)nn1. The van der Waals surface area contributed by atoms with Gasteiger partial charge < -0.3 is 19.4 Å². The van der Waals surface area contributed by atoms with Crippen LogP contribution in [0, 0.1) is 0 Å². The van der Waals surface area contributed by atoms with Gasteiger partial charge in [0.15, 0.2) is 5.82 Å². The molecule has 2 saturated heterocycles. The number of piperazine rings is 1. The Hall–Kier alpha value is -2.22. The molecule has 0 aromatic carbocycles. The average Bonchev–Trinajstić information content (AvgIpc) is 3.21. The fourth-order valence-electron chi connectivity index (χ4n) is 4.00. The third-order valence-corrected chi connectivity index (χ3v) is 5.50. The van der Waals surface area contributed by atoms with Crippen LogP contribution in [-0.2, 0) is 20.9 Å². The van der Waals surface area contributed by atoms with E-state index in [0.717, 1.165) is 44.6 Å². The Labute approximate surface area is 153 Å². The summed E-state index contributed by atoms with van der Waals surface area (Å²) in [5, 5.41) is 8.53. The van der Waals surface area contributed by atoms with E-state index in [0.29, 0.717) is 38.5 Å². The van der Waals surface area contributed by atoms with Gasteiger partial charge in [0, 0.05) is 32.2 Å². The molecule has 3 aliphatic rings. The van der Waals surface area contributed by atoms with Crippen molar-refractivity contribution in [3.8, 4) is 0 Å². The van der Waals surface area contributed by atoms with E-state index in [1.54, 1.807) is 9.80 Å². The second-order valence-electron chi connectivity index (χ2n) is 7.15. The van der Waals surface area contributed by atoms with E-state index in [1.165, 1.54) is 0 Å². The number of hydrogen-bond donors (Lipinski definition) is 0. The first kappa shape index (κ1) is 17.2. The number of hydrogen-bond acceptors (Lipinski definition) is 6. The van der Waals surface area contributed by atoms with Crippen LogP contribution in [0.3, 0.4) is 0 Å². The van der Waals surface area contributed by atoms with Crippen molar-refractivity contribution in [1.29, 1.82) is 0 Å². The molecule has 26 heavy (non-hydrogen) atoms. The summed E-state index contributed by atoms with van der Waals surface area (Å²) in [5.41, 5.74) is 0.706. The van der Waals surface area contributed by atoms with Gasteiger partial charge in [-0.1, -0.05) is 12.8 Å². The number of amides is 2. The average molecular weight is 359 g/mol. The van der Waals surface area contributed by atoms with Crippen molar-refractivity contribution in [2.75, 3.05) is 44.3 Å². The van der Waals surface area contributed by atoms with Crippen molar-refractivity contribution in [2.45, 2.75) is 38.3 Å². The molecule has 0 atom stereocenters. The molecule has 1 aliphatic carbocycles. The number of rotatable bonds is 4. The summed E-state index contributed by atoms with van der Waals surface area (Å²) in [6.07, 6.45) is 4.34. The van der Waals surface area contributed by atoms with Crippen LogP contribution in [0.4, 0.5) is 5.82 Å². The summed E-state index contributed by atoms with van der Waals surface area (Å²) in [6.45, 7) is 4.53. The van der Waals surface area contributed by atoms with Crippen LogP contribution in [0.15, 0.2) is 12.1 Å². The van der Waals surface area contributed by atoms with Crippen LogP contribution in [0.1, 0.15) is 31.4 Å². The molecule has 3 fully saturated rings. The van der Waals surface area contributed by atoms with Crippen LogP contribution >= 0.6 is 0 Å². The Bertz CT molecular complexity index is 653. The molecule has 3 heterocycles. The van der Waals surface area contributed by atoms with Crippen molar-refractivity contribution >= 4 is 17.6 Å². The van der Waals surface area contributed by atoms with Crippen LogP contribution < -0.4 is 4.90 Å². The normalized spacial score (nSPS) is 22.4. The summed E-state index contributed by atoms with van der Waals surface area (Å²) >= 11 is 0. The van der Waals surface area contributed by atoms with Gasteiger partial charge in [0.25, 0.3) is 0 Å². The molecule has 0 bridgehead atoms. The Morgan fingerprint density at radius 3 is 2.42 bits per heavy atom. The van der Waals surface area contributed by atoms with Crippen molar-refractivity contribution in [1.82, 2.24) is 20.0 Å². The maximum absolute atomic E-state index is 12.5. The summed E-state index contributed by atoms with van der Waals surface area (Å²) in [7, 11) is 0. The molecule has 0 radical (unpaired) electrons. The molecule has 140 valence electrons. The first-order chi connectivity index (χ1) is 12.7. The number of aromatic nitrogens is 2. The fourth-order valence-corrected chi connectivity index (χ4v) is 4.00. The number of morpholine rings is 1. The fraction of sp³-hybridized carbons (Fsp3) is 0.667. The second-order valence-corrected chi connectivity index (χ2v) is 7.15. The molecule has 2 aliphatic heterocycles. The Balaban J connectivity index is 1.36. The zero-order valence-corrected chi connectivity index (χ0v) is 15.0. The maximum Gasteiger partial charge on any atom is 0.312 e. The van der Waals surface area contributed by atoms with Crippen LogP contribution in [0.5, 0.6) is 0 Å². The molecule has 1 saturated carbocycles. The highest BCUT2D eigenvalue weighted by Gasteiger charge is 2.37. The monoisotopic (exact) mass is 359 g/mol. The highest BCUT2D eigenvalue weighted by atomic mass is 16.5. The molecule has 0 N–H and O–H groups in total. The van der Waals surface area contributed by atoms with Gasteiger partial charge in [0.05, 0.1) is 25.5 Å².